The van der Waals surface area contributed by atoms with Gasteiger partial charge in [0.15, 0.2) is 0 Å². The molecule has 1 aromatic rings. The van der Waals surface area contributed by atoms with E-state index >= 15 is 0 Å². The smallest absolute Gasteiger partial charge is 0.0991 e. The van der Waals surface area contributed by atoms with Crippen LogP contribution in [-0.4, -0.2) is 19.8 Å². The Morgan fingerprint density at radius 2 is 2.19 bits per heavy atom. The van der Waals surface area contributed by atoms with Crippen LogP contribution in [0.15, 0.2) is 24.3 Å². The molecule has 0 bridgehead atoms. The highest BCUT2D eigenvalue weighted by Crippen LogP contribution is 2.14. The van der Waals surface area contributed by atoms with Crippen molar-refractivity contribution in [2.75, 3.05) is 13.7 Å². The second-order valence-electron chi connectivity index (χ2n) is 3.98. The third-order valence-corrected chi connectivity index (χ3v) is 2.47. The molecule has 0 heterocycles. The summed E-state index contributed by atoms with van der Waals surface area (Å²) >= 11 is 0. The predicted octanol–water partition coefficient (Wildman–Crippen LogP) is 2.24. The third-order valence-electron chi connectivity index (χ3n) is 2.47. The van der Waals surface area contributed by atoms with Crippen LogP contribution in [0.5, 0.6) is 0 Å². The summed E-state index contributed by atoms with van der Waals surface area (Å²) in [5, 5.41) is 12.2. The first kappa shape index (κ1) is 12.7. The van der Waals surface area contributed by atoms with Crippen molar-refractivity contribution in [2.45, 2.75) is 25.9 Å². The summed E-state index contributed by atoms with van der Waals surface area (Å²) < 4.78 is 5.07. The van der Waals surface area contributed by atoms with Gasteiger partial charge in [-0.05, 0) is 31.5 Å². The molecule has 0 amide bonds. The number of benzene rings is 1. The van der Waals surface area contributed by atoms with Crippen molar-refractivity contribution in [3.8, 4) is 6.07 Å². The molecule has 0 radical (unpaired) electrons. The molecule has 0 spiro atoms. The van der Waals surface area contributed by atoms with E-state index in [0.717, 1.165) is 5.56 Å². The SMILES string of the molecule is COCC(C)NC(C)c1cccc(C#N)c1. The average molecular weight is 218 g/mol. The van der Waals surface area contributed by atoms with Crippen molar-refractivity contribution < 1.29 is 4.74 Å². The van der Waals surface area contributed by atoms with E-state index < -0.39 is 0 Å². The molecule has 0 fully saturated rings. The van der Waals surface area contributed by atoms with Crippen molar-refractivity contribution >= 4 is 0 Å². The van der Waals surface area contributed by atoms with Gasteiger partial charge in [-0.3, -0.25) is 0 Å². The van der Waals surface area contributed by atoms with E-state index in [1.165, 1.54) is 0 Å². The predicted molar refractivity (Wildman–Crippen MR) is 64.0 cm³/mol. The van der Waals surface area contributed by atoms with E-state index in [1.54, 1.807) is 7.11 Å². The number of nitrogens with zero attached hydrogens (tertiary/aromatic N) is 1. The molecule has 2 unspecified atom stereocenters. The Morgan fingerprint density at radius 1 is 1.44 bits per heavy atom. The molecule has 2 atom stereocenters. The molecule has 0 aliphatic rings. The maximum Gasteiger partial charge on any atom is 0.0991 e. The molecule has 3 heteroatoms. The fraction of sp³-hybridized carbons (Fsp3) is 0.462. The first-order chi connectivity index (χ1) is 7.67. The molecule has 0 aliphatic carbocycles. The van der Waals surface area contributed by atoms with Crippen LogP contribution in [0.2, 0.25) is 0 Å². The van der Waals surface area contributed by atoms with Gasteiger partial charge in [0.05, 0.1) is 18.2 Å². The number of ether oxygens (including phenoxy) is 1. The third kappa shape index (κ3) is 3.65. The van der Waals surface area contributed by atoms with Gasteiger partial charge < -0.3 is 10.1 Å². The van der Waals surface area contributed by atoms with Crippen LogP contribution >= 0.6 is 0 Å². The van der Waals surface area contributed by atoms with Crippen LogP contribution in [0, 0.1) is 11.3 Å². The number of methoxy groups -OCH3 is 1. The molecular formula is C13H18N2O. The Balaban J connectivity index is 2.65. The van der Waals surface area contributed by atoms with Crippen molar-refractivity contribution in [3.05, 3.63) is 35.4 Å². The van der Waals surface area contributed by atoms with Gasteiger partial charge in [0.25, 0.3) is 0 Å². The fourth-order valence-electron chi connectivity index (χ4n) is 1.70. The second-order valence-corrected chi connectivity index (χ2v) is 3.98. The van der Waals surface area contributed by atoms with Crippen LogP contribution in [0.25, 0.3) is 0 Å². The Kier molecular flexibility index (Phi) is 4.97. The van der Waals surface area contributed by atoms with E-state index in [1.807, 2.05) is 24.3 Å². The normalized spacial score (nSPS) is 14.1. The van der Waals surface area contributed by atoms with Crippen LogP contribution in [0.4, 0.5) is 0 Å². The number of hydrogen-bond donors (Lipinski definition) is 1. The highest BCUT2D eigenvalue weighted by atomic mass is 16.5. The molecule has 3 nitrogen and oxygen atoms in total. The van der Waals surface area contributed by atoms with Crippen LogP contribution in [0.3, 0.4) is 0 Å². The Hall–Kier alpha value is -1.37. The number of nitrogens with one attached hydrogen (secondary N) is 1. The van der Waals surface area contributed by atoms with Crippen molar-refractivity contribution in [2.24, 2.45) is 0 Å². The quantitative estimate of drug-likeness (QED) is 0.824. The number of rotatable bonds is 5. The zero-order valence-electron chi connectivity index (χ0n) is 10.0. The summed E-state index contributed by atoms with van der Waals surface area (Å²) in [7, 11) is 1.69. The van der Waals surface area contributed by atoms with Gasteiger partial charge in [0.2, 0.25) is 0 Å². The van der Waals surface area contributed by atoms with Gasteiger partial charge in [0, 0.05) is 19.2 Å². The molecule has 0 aromatic heterocycles. The van der Waals surface area contributed by atoms with Gasteiger partial charge in [-0.15, -0.1) is 0 Å². The Morgan fingerprint density at radius 3 is 2.81 bits per heavy atom. The van der Waals surface area contributed by atoms with Gasteiger partial charge >= 0.3 is 0 Å². The lowest BCUT2D eigenvalue weighted by atomic mass is 10.1. The minimum Gasteiger partial charge on any atom is -0.383 e. The molecule has 0 saturated carbocycles. The summed E-state index contributed by atoms with van der Waals surface area (Å²) in [6.45, 7) is 4.85. The highest BCUT2D eigenvalue weighted by molar-refractivity contribution is 5.34. The lowest BCUT2D eigenvalue weighted by molar-refractivity contribution is 0.168. The van der Waals surface area contributed by atoms with Crippen LogP contribution < -0.4 is 5.32 Å². The van der Waals surface area contributed by atoms with E-state index in [2.05, 4.69) is 25.2 Å². The minimum absolute atomic E-state index is 0.221. The van der Waals surface area contributed by atoms with E-state index in [4.69, 9.17) is 10.00 Å². The van der Waals surface area contributed by atoms with Gasteiger partial charge in [-0.2, -0.15) is 5.26 Å². The fourth-order valence-corrected chi connectivity index (χ4v) is 1.70. The summed E-state index contributed by atoms with van der Waals surface area (Å²) in [4.78, 5) is 0. The van der Waals surface area contributed by atoms with E-state index in [9.17, 15) is 0 Å². The zero-order chi connectivity index (χ0) is 12.0. The summed E-state index contributed by atoms with van der Waals surface area (Å²) in [5.41, 5.74) is 1.83. The Bertz CT molecular complexity index is 370. The van der Waals surface area contributed by atoms with Crippen LogP contribution in [-0.2, 0) is 4.74 Å². The Labute approximate surface area is 97.0 Å². The van der Waals surface area contributed by atoms with Gasteiger partial charge in [-0.1, -0.05) is 12.1 Å². The lowest BCUT2D eigenvalue weighted by Gasteiger charge is -2.19. The van der Waals surface area contributed by atoms with Crippen molar-refractivity contribution in [1.82, 2.24) is 5.32 Å². The summed E-state index contributed by atoms with van der Waals surface area (Å²) in [5.74, 6) is 0. The molecule has 16 heavy (non-hydrogen) atoms. The topological polar surface area (TPSA) is 45.0 Å². The lowest BCUT2D eigenvalue weighted by Crippen LogP contribution is -2.32. The molecule has 0 saturated heterocycles. The molecule has 86 valence electrons. The number of nitriles is 1. The zero-order valence-corrected chi connectivity index (χ0v) is 10.0. The summed E-state index contributed by atoms with van der Waals surface area (Å²) in [6.07, 6.45) is 0. The largest absolute Gasteiger partial charge is 0.383 e. The first-order valence-electron chi connectivity index (χ1n) is 5.42. The molecular weight excluding hydrogens is 200 g/mol. The number of hydrogen-bond acceptors (Lipinski definition) is 3. The first-order valence-corrected chi connectivity index (χ1v) is 5.42. The molecule has 1 N–H and O–H groups in total. The van der Waals surface area contributed by atoms with Gasteiger partial charge in [-0.25, -0.2) is 0 Å². The second kappa shape index (κ2) is 6.26. The van der Waals surface area contributed by atoms with E-state index in [0.29, 0.717) is 18.2 Å². The monoisotopic (exact) mass is 218 g/mol. The van der Waals surface area contributed by atoms with Crippen LogP contribution in [0.1, 0.15) is 31.0 Å². The maximum atomic E-state index is 8.82. The maximum absolute atomic E-state index is 8.82. The average Bonchev–Trinajstić information content (AvgIpc) is 2.29. The summed E-state index contributed by atoms with van der Waals surface area (Å²) in [6, 6.07) is 10.3. The van der Waals surface area contributed by atoms with E-state index in [-0.39, 0.29) is 6.04 Å². The highest BCUT2D eigenvalue weighted by Gasteiger charge is 2.09. The molecule has 0 aliphatic heterocycles. The molecule has 1 aromatic carbocycles. The molecule has 1 rings (SSSR count). The van der Waals surface area contributed by atoms with Gasteiger partial charge in [0.1, 0.15) is 0 Å². The van der Waals surface area contributed by atoms with Crippen molar-refractivity contribution in [3.63, 3.8) is 0 Å². The van der Waals surface area contributed by atoms with Crippen molar-refractivity contribution in [1.29, 1.82) is 5.26 Å². The standard InChI is InChI=1S/C13H18N2O/c1-10(9-16-3)15-11(2)13-6-4-5-12(7-13)8-14/h4-7,10-11,15H,9H2,1-3H3. The minimum atomic E-state index is 0.221.